The first-order valence-corrected chi connectivity index (χ1v) is 5.12. The molecule has 0 bridgehead atoms. The van der Waals surface area contributed by atoms with Crippen LogP contribution in [0.5, 0.6) is 0 Å². The van der Waals surface area contributed by atoms with Crippen LogP contribution in [0, 0.1) is 6.92 Å². The molecule has 1 fully saturated rings. The quantitative estimate of drug-likeness (QED) is 0.666. The van der Waals surface area contributed by atoms with Gasteiger partial charge in [-0.3, -0.25) is 4.79 Å². The van der Waals surface area contributed by atoms with Crippen molar-refractivity contribution < 1.29 is 4.79 Å². The molecule has 1 aliphatic heterocycles. The van der Waals surface area contributed by atoms with Crippen LogP contribution in [-0.4, -0.2) is 19.4 Å². The van der Waals surface area contributed by atoms with E-state index in [9.17, 15) is 4.79 Å². The maximum atomic E-state index is 10.9. The van der Waals surface area contributed by atoms with Crippen LogP contribution in [0.3, 0.4) is 0 Å². The van der Waals surface area contributed by atoms with Crippen molar-refractivity contribution in [3.8, 4) is 0 Å². The molecule has 0 amide bonds. The number of benzene rings is 1. The Morgan fingerprint density at radius 2 is 2.00 bits per heavy atom. The van der Waals surface area contributed by atoms with Crippen molar-refractivity contribution in [2.24, 2.45) is 0 Å². The first-order chi connectivity index (χ1) is 6.81. The Kier molecular flexibility index (Phi) is 2.53. The van der Waals surface area contributed by atoms with Crippen LogP contribution in [0.1, 0.15) is 28.8 Å². The van der Waals surface area contributed by atoms with Crippen LogP contribution in [-0.2, 0) is 0 Å². The first-order valence-electron chi connectivity index (χ1n) is 5.12. The van der Waals surface area contributed by atoms with E-state index >= 15 is 0 Å². The van der Waals surface area contributed by atoms with Gasteiger partial charge in [-0.15, -0.1) is 0 Å². The Labute approximate surface area is 84.5 Å². The van der Waals surface area contributed by atoms with Crippen molar-refractivity contribution >= 4 is 12.0 Å². The summed E-state index contributed by atoms with van der Waals surface area (Å²) < 4.78 is 0. The van der Waals surface area contributed by atoms with E-state index < -0.39 is 0 Å². The van der Waals surface area contributed by atoms with Crippen molar-refractivity contribution in [3.63, 3.8) is 0 Å². The van der Waals surface area contributed by atoms with Crippen molar-refractivity contribution in [1.82, 2.24) is 0 Å². The molecule has 0 unspecified atom stereocenters. The largest absolute Gasteiger partial charge is 0.371 e. The number of nitrogens with zero attached hydrogens (tertiary/aromatic N) is 1. The third-order valence-electron chi connectivity index (χ3n) is 2.76. The zero-order valence-corrected chi connectivity index (χ0v) is 8.49. The van der Waals surface area contributed by atoms with Crippen LogP contribution < -0.4 is 4.90 Å². The molecule has 2 heteroatoms. The topological polar surface area (TPSA) is 20.3 Å². The zero-order chi connectivity index (χ0) is 9.97. The molecule has 0 atom stereocenters. The highest BCUT2D eigenvalue weighted by molar-refractivity contribution is 5.85. The first kappa shape index (κ1) is 9.25. The van der Waals surface area contributed by atoms with Gasteiger partial charge < -0.3 is 4.90 Å². The molecule has 1 saturated heterocycles. The molecule has 2 rings (SSSR count). The lowest BCUT2D eigenvalue weighted by Crippen LogP contribution is -2.19. The van der Waals surface area contributed by atoms with Crippen LogP contribution in [0.25, 0.3) is 0 Å². The third-order valence-corrected chi connectivity index (χ3v) is 2.76. The minimum absolute atomic E-state index is 0.817. The van der Waals surface area contributed by atoms with E-state index in [-0.39, 0.29) is 0 Å². The monoisotopic (exact) mass is 189 g/mol. The molecule has 1 aromatic carbocycles. The zero-order valence-electron chi connectivity index (χ0n) is 8.49. The second-order valence-electron chi connectivity index (χ2n) is 3.87. The van der Waals surface area contributed by atoms with Crippen molar-refractivity contribution in [2.75, 3.05) is 18.0 Å². The predicted octanol–water partition coefficient (Wildman–Crippen LogP) is 2.41. The van der Waals surface area contributed by atoms with Gasteiger partial charge in [0.05, 0.1) is 0 Å². The summed E-state index contributed by atoms with van der Waals surface area (Å²) in [6.45, 7) is 4.24. The second kappa shape index (κ2) is 3.82. The van der Waals surface area contributed by atoms with Crippen molar-refractivity contribution in [2.45, 2.75) is 19.8 Å². The average molecular weight is 189 g/mol. The standard InChI is InChI=1S/C12H15NO/c1-10-4-5-11(9-14)12(8-10)13-6-2-3-7-13/h4-5,8-9H,2-3,6-7H2,1H3. The SMILES string of the molecule is Cc1ccc(C=O)c(N2CCCC2)c1. The normalized spacial score (nSPS) is 15.9. The fourth-order valence-corrected chi connectivity index (χ4v) is 1.99. The van der Waals surface area contributed by atoms with E-state index in [4.69, 9.17) is 0 Å². The van der Waals surface area contributed by atoms with Crippen molar-refractivity contribution in [1.29, 1.82) is 0 Å². The highest BCUT2D eigenvalue weighted by atomic mass is 16.1. The number of aryl methyl sites for hydroxylation is 1. The van der Waals surface area contributed by atoms with Crippen LogP contribution in [0.2, 0.25) is 0 Å². The maximum Gasteiger partial charge on any atom is 0.152 e. The fraction of sp³-hybridized carbons (Fsp3) is 0.417. The Morgan fingerprint density at radius 3 is 2.64 bits per heavy atom. The minimum Gasteiger partial charge on any atom is -0.371 e. The molecule has 1 aliphatic rings. The molecule has 0 aliphatic carbocycles. The summed E-state index contributed by atoms with van der Waals surface area (Å²) in [4.78, 5) is 13.2. The summed E-state index contributed by atoms with van der Waals surface area (Å²) >= 11 is 0. The molecule has 2 nitrogen and oxygen atoms in total. The summed E-state index contributed by atoms with van der Waals surface area (Å²) in [6, 6.07) is 6.01. The summed E-state index contributed by atoms with van der Waals surface area (Å²) in [7, 11) is 0. The van der Waals surface area contributed by atoms with Gasteiger partial charge in [-0.25, -0.2) is 0 Å². The summed E-state index contributed by atoms with van der Waals surface area (Å²) in [5.41, 5.74) is 3.15. The van der Waals surface area contributed by atoms with E-state index in [0.717, 1.165) is 30.6 Å². The highest BCUT2D eigenvalue weighted by Gasteiger charge is 2.15. The average Bonchev–Trinajstić information content (AvgIpc) is 2.70. The molecular formula is C12H15NO. The van der Waals surface area contributed by atoms with Crippen LogP contribution in [0.4, 0.5) is 5.69 Å². The van der Waals surface area contributed by atoms with Gasteiger partial charge in [-0.2, -0.15) is 0 Å². The predicted molar refractivity (Wildman–Crippen MR) is 58.0 cm³/mol. The number of rotatable bonds is 2. The van der Waals surface area contributed by atoms with E-state index in [1.165, 1.54) is 18.4 Å². The van der Waals surface area contributed by atoms with Crippen LogP contribution >= 0.6 is 0 Å². The lowest BCUT2D eigenvalue weighted by atomic mass is 10.1. The lowest BCUT2D eigenvalue weighted by Gasteiger charge is -2.19. The Morgan fingerprint density at radius 1 is 1.29 bits per heavy atom. The van der Waals surface area contributed by atoms with Gasteiger partial charge in [0.2, 0.25) is 0 Å². The Hall–Kier alpha value is -1.31. The second-order valence-corrected chi connectivity index (χ2v) is 3.87. The number of carbonyl (C=O) groups is 1. The molecule has 0 radical (unpaired) electrons. The van der Waals surface area contributed by atoms with Gasteiger partial charge in [-0.1, -0.05) is 6.07 Å². The third kappa shape index (κ3) is 1.65. The molecule has 1 aromatic rings. The molecule has 0 spiro atoms. The molecule has 74 valence electrons. The maximum absolute atomic E-state index is 10.9. The molecular weight excluding hydrogens is 174 g/mol. The van der Waals surface area contributed by atoms with E-state index in [1.54, 1.807) is 0 Å². The Balaban J connectivity index is 2.37. The summed E-state index contributed by atoms with van der Waals surface area (Å²) in [6.07, 6.45) is 3.44. The summed E-state index contributed by atoms with van der Waals surface area (Å²) in [5, 5.41) is 0. The van der Waals surface area contributed by atoms with Gasteiger partial charge >= 0.3 is 0 Å². The van der Waals surface area contributed by atoms with Crippen LogP contribution in [0.15, 0.2) is 18.2 Å². The number of anilines is 1. The number of aldehydes is 1. The van der Waals surface area contributed by atoms with Gasteiger partial charge in [-0.05, 0) is 37.5 Å². The summed E-state index contributed by atoms with van der Waals surface area (Å²) in [5.74, 6) is 0. The van der Waals surface area contributed by atoms with Gasteiger partial charge in [0.15, 0.2) is 6.29 Å². The Bertz CT molecular complexity index is 340. The highest BCUT2D eigenvalue weighted by Crippen LogP contribution is 2.24. The van der Waals surface area contributed by atoms with Crippen molar-refractivity contribution in [3.05, 3.63) is 29.3 Å². The molecule has 0 saturated carbocycles. The smallest absolute Gasteiger partial charge is 0.152 e. The van der Waals surface area contributed by atoms with E-state index in [2.05, 4.69) is 17.9 Å². The number of carbonyl (C=O) groups excluding carboxylic acids is 1. The van der Waals surface area contributed by atoms with Gasteiger partial charge in [0.1, 0.15) is 0 Å². The lowest BCUT2D eigenvalue weighted by molar-refractivity contribution is 0.112. The minimum atomic E-state index is 0.817. The van der Waals surface area contributed by atoms with E-state index in [0.29, 0.717) is 0 Å². The molecule has 0 aromatic heterocycles. The molecule has 1 heterocycles. The van der Waals surface area contributed by atoms with Gasteiger partial charge in [0, 0.05) is 24.3 Å². The molecule has 0 N–H and O–H groups in total. The number of hydrogen-bond acceptors (Lipinski definition) is 2. The fourth-order valence-electron chi connectivity index (χ4n) is 1.99. The molecule has 14 heavy (non-hydrogen) atoms. The van der Waals surface area contributed by atoms with E-state index in [1.807, 2.05) is 12.1 Å². The van der Waals surface area contributed by atoms with Gasteiger partial charge in [0.25, 0.3) is 0 Å². The number of hydrogen-bond donors (Lipinski definition) is 0.